The van der Waals surface area contributed by atoms with Gasteiger partial charge in [-0.25, -0.2) is 4.79 Å². The quantitative estimate of drug-likeness (QED) is 0.770. The Bertz CT molecular complexity index is 641. The minimum Gasteiger partial charge on any atom is -0.303 e. The van der Waals surface area contributed by atoms with Crippen LogP contribution in [0.25, 0.3) is 0 Å². The fourth-order valence-electron chi connectivity index (χ4n) is 1.53. The van der Waals surface area contributed by atoms with Crippen LogP contribution in [0.15, 0.2) is 46.1 Å². The van der Waals surface area contributed by atoms with Gasteiger partial charge in [-0.05, 0) is 40.3 Å². The summed E-state index contributed by atoms with van der Waals surface area (Å²) in [6.07, 6.45) is 1.48. The molecule has 0 fully saturated rings. The van der Waals surface area contributed by atoms with Crippen molar-refractivity contribution in [1.82, 2.24) is 9.13 Å². The number of hydrogen-bond donors (Lipinski definition) is 0. The molecule has 0 unspecified atom stereocenters. The van der Waals surface area contributed by atoms with Crippen molar-refractivity contribution < 1.29 is 0 Å². The lowest BCUT2D eigenvalue weighted by molar-refractivity contribution is 0.639. The molecule has 17 heavy (non-hydrogen) atoms. The average Bonchev–Trinajstić information content (AvgIpc) is 2.32. The van der Waals surface area contributed by atoms with Gasteiger partial charge in [0.15, 0.2) is 0 Å². The molecule has 1 aromatic heterocycles. The minimum absolute atomic E-state index is 0.272. The Morgan fingerprint density at radius 1 is 1.12 bits per heavy atom. The molecule has 0 saturated carbocycles. The molecule has 0 radical (unpaired) electrons. The van der Waals surface area contributed by atoms with E-state index in [1.54, 1.807) is 7.05 Å². The van der Waals surface area contributed by atoms with Gasteiger partial charge in [-0.15, -0.1) is 0 Å². The summed E-state index contributed by atoms with van der Waals surface area (Å²) < 4.78 is 3.75. The molecular weight excluding hydrogens is 331 g/mol. The molecule has 1 heterocycles. The van der Waals surface area contributed by atoms with Gasteiger partial charge < -0.3 is 4.57 Å². The van der Waals surface area contributed by atoms with Crippen LogP contribution in [0, 0.1) is 3.57 Å². The van der Waals surface area contributed by atoms with E-state index in [4.69, 9.17) is 0 Å². The number of benzene rings is 1. The highest BCUT2D eigenvalue weighted by molar-refractivity contribution is 14.1. The molecule has 2 rings (SSSR count). The fourth-order valence-corrected chi connectivity index (χ4v) is 1.89. The molecule has 2 aromatic rings. The molecule has 0 spiro atoms. The van der Waals surface area contributed by atoms with Crippen LogP contribution in [-0.4, -0.2) is 9.13 Å². The first-order valence-electron chi connectivity index (χ1n) is 5.09. The Morgan fingerprint density at radius 3 is 2.41 bits per heavy atom. The first kappa shape index (κ1) is 12.1. The van der Waals surface area contributed by atoms with Gasteiger partial charge in [0, 0.05) is 22.9 Å². The van der Waals surface area contributed by atoms with Crippen molar-refractivity contribution in [2.45, 2.75) is 6.54 Å². The summed E-state index contributed by atoms with van der Waals surface area (Å²) in [4.78, 5) is 23.4. The van der Waals surface area contributed by atoms with Crippen LogP contribution in [0.4, 0.5) is 0 Å². The van der Waals surface area contributed by atoms with E-state index in [1.807, 2.05) is 24.3 Å². The first-order valence-corrected chi connectivity index (χ1v) is 6.17. The summed E-state index contributed by atoms with van der Waals surface area (Å²) in [5, 5.41) is 0. The van der Waals surface area contributed by atoms with Gasteiger partial charge in [0.25, 0.3) is 5.56 Å². The van der Waals surface area contributed by atoms with Crippen molar-refractivity contribution in [1.29, 1.82) is 0 Å². The highest BCUT2D eigenvalue weighted by Crippen LogP contribution is 2.06. The Kier molecular flexibility index (Phi) is 3.46. The zero-order chi connectivity index (χ0) is 12.4. The van der Waals surface area contributed by atoms with Crippen molar-refractivity contribution in [3.63, 3.8) is 0 Å². The maximum atomic E-state index is 11.8. The van der Waals surface area contributed by atoms with E-state index in [0.29, 0.717) is 6.54 Å². The molecule has 0 bridgehead atoms. The van der Waals surface area contributed by atoms with Crippen LogP contribution in [-0.2, 0) is 13.6 Å². The van der Waals surface area contributed by atoms with Gasteiger partial charge in [-0.1, -0.05) is 12.1 Å². The number of aryl methyl sites for hydroxylation is 1. The van der Waals surface area contributed by atoms with Crippen molar-refractivity contribution >= 4 is 22.6 Å². The Hall–Kier alpha value is -1.37. The molecule has 0 aliphatic heterocycles. The van der Waals surface area contributed by atoms with Gasteiger partial charge >= 0.3 is 5.69 Å². The lowest BCUT2D eigenvalue weighted by atomic mass is 10.2. The van der Waals surface area contributed by atoms with Crippen LogP contribution >= 0.6 is 22.6 Å². The van der Waals surface area contributed by atoms with E-state index in [1.165, 1.54) is 21.4 Å². The summed E-state index contributed by atoms with van der Waals surface area (Å²) in [6, 6.07) is 9.14. The molecule has 0 saturated heterocycles. The van der Waals surface area contributed by atoms with E-state index in [9.17, 15) is 9.59 Å². The second-order valence-electron chi connectivity index (χ2n) is 3.76. The SMILES string of the molecule is Cn1ccc(=O)n(Cc2ccc(I)cc2)c1=O. The standard InChI is InChI=1S/C12H11IN2O2/c1-14-7-6-11(16)15(12(14)17)8-9-2-4-10(13)5-3-9/h2-7H,8H2,1H3. The molecular formula is C12H11IN2O2. The molecule has 0 amide bonds. The molecule has 4 nitrogen and oxygen atoms in total. The normalized spacial score (nSPS) is 10.5. The number of hydrogen-bond acceptors (Lipinski definition) is 2. The largest absolute Gasteiger partial charge is 0.331 e. The third kappa shape index (κ3) is 2.66. The number of aromatic nitrogens is 2. The topological polar surface area (TPSA) is 44.0 Å². The predicted octanol–water partition coefficient (Wildman–Crippen LogP) is 1.20. The van der Waals surface area contributed by atoms with Crippen LogP contribution < -0.4 is 11.2 Å². The summed E-state index contributed by atoms with van der Waals surface area (Å²) in [7, 11) is 1.63. The van der Waals surface area contributed by atoms with Gasteiger partial charge in [-0.3, -0.25) is 9.36 Å². The first-order chi connectivity index (χ1) is 8.08. The molecule has 0 N–H and O–H groups in total. The maximum Gasteiger partial charge on any atom is 0.331 e. The summed E-state index contributed by atoms with van der Waals surface area (Å²) in [5.41, 5.74) is 0.374. The zero-order valence-corrected chi connectivity index (χ0v) is 11.4. The predicted molar refractivity (Wildman–Crippen MR) is 74.2 cm³/mol. The monoisotopic (exact) mass is 342 g/mol. The maximum absolute atomic E-state index is 11.8. The average molecular weight is 342 g/mol. The second kappa shape index (κ2) is 4.87. The van der Waals surface area contributed by atoms with Crippen LogP contribution in [0.2, 0.25) is 0 Å². The smallest absolute Gasteiger partial charge is 0.303 e. The van der Waals surface area contributed by atoms with Crippen LogP contribution in [0.3, 0.4) is 0 Å². The van der Waals surface area contributed by atoms with Crippen molar-refractivity contribution in [2.75, 3.05) is 0 Å². The van der Waals surface area contributed by atoms with E-state index in [2.05, 4.69) is 22.6 Å². The Morgan fingerprint density at radius 2 is 1.76 bits per heavy atom. The second-order valence-corrected chi connectivity index (χ2v) is 5.01. The van der Waals surface area contributed by atoms with Gasteiger partial charge in [0.1, 0.15) is 0 Å². The molecule has 5 heteroatoms. The van der Waals surface area contributed by atoms with E-state index in [-0.39, 0.29) is 11.2 Å². The minimum atomic E-state index is -0.295. The fraction of sp³-hybridized carbons (Fsp3) is 0.167. The highest BCUT2D eigenvalue weighted by Gasteiger charge is 2.03. The highest BCUT2D eigenvalue weighted by atomic mass is 127. The molecule has 88 valence electrons. The van der Waals surface area contributed by atoms with Gasteiger partial charge in [0.2, 0.25) is 0 Å². The molecule has 0 aliphatic carbocycles. The number of nitrogens with zero attached hydrogens (tertiary/aromatic N) is 2. The van der Waals surface area contributed by atoms with Crippen LogP contribution in [0.5, 0.6) is 0 Å². The third-order valence-corrected chi connectivity index (χ3v) is 3.21. The molecule has 0 atom stereocenters. The number of halogens is 1. The summed E-state index contributed by atoms with van der Waals surface area (Å²) >= 11 is 2.21. The lowest BCUT2D eigenvalue weighted by Crippen LogP contribution is -2.38. The van der Waals surface area contributed by atoms with E-state index in [0.717, 1.165) is 9.13 Å². The Balaban J connectivity index is 2.43. The third-order valence-electron chi connectivity index (χ3n) is 2.49. The molecule has 0 aliphatic rings. The van der Waals surface area contributed by atoms with E-state index < -0.39 is 0 Å². The van der Waals surface area contributed by atoms with Crippen LogP contribution in [0.1, 0.15) is 5.56 Å². The summed E-state index contributed by atoms with van der Waals surface area (Å²) in [6.45, 7) is 0.309. The summed E-state index contributed by atoms with van der Waals surface area (Å²) in [5.74, 6) is 0. The number of rotatable bonds is 2. The van der Waals surface area contributed by atoms with Crippen molar-refractivity contribution in [2.24, 2.45) is 7.05 Å². The lowest BCUT2D eigenvalue weighted by Gasteiger charge is -2.06. The van der Waals surface area contributed by atoms with Crippen molar-refractivity contribution in [3.05, 3.63) is 66.5 Å². The van der Waals surface area contributed by atoms with Gasteiger partial charge in [-0.2, -0.15) is 0 Å². The van der Waals surface area contributed by atoms with Gasteiger partial charge in [0.05, 0.1) is 6.54 Å². The Labute approximate surface area is 112 Å². The zero-order valence-electron chi connectivity index (χ0n) is 9.26. The molecule has 1 aromatic carbocycles. The van der Waals surface area contributed by atoms with Crippen molar-refractivity contribution in [3.8, 4) is 0 Å². The van der Waals surface area contributed by atoms with E-state index >= 15 is 0 Å².